The van der Waals surface area contributed by atoms with Crippen molar-refractivity contribution in [2.45, 2.75) is 20.3 Å². The van der Waals surface area contributed by atoms with Gasteiger partial charge in [0.2, 0.25) is 5.95 Å². The van der Waals surface area contributed by atoms with Crippen LogP contribution in [0.3, 0.4) is 0 Å². The molecule has 0 saturated heterocycles. The van der Waals surface area contributed by atoms with E-state index in [4.69, 9.17) is 4.98 Å². The van der Waals surface area contributed by atoms with Gasteiger partial charge in [0.15, 0.2) is 0 Å². The summed E-state index contributed by atoms with van der Waals surface area (Å²) in [6.07, 6.45) is 4.43. The summed E-state index contributed by atoms with van der Waals surface area (Å²) in [7, 11) is 0. The molecule has 0 aliphatic rings. The highest BCUT2D eigenvalue weighted by Gasteiger charge is 2.16. The third kappa shape index (κ3) is 2.32. The number of rotatable bonds is 4. The molecule has 1 aromatic carbocycles. The molecule has 0 bridgehead atoms. The van der Waals surface area contributed by atoms with Crippen LogP contribution in [0.15, 0.2) is 48.8 Å². The second-order valence-electron chi connectivity index (χ2n) is 5.61. The summed E-state index contributed by atoms with van der Waals surface area (Å²) in [5.74, 6) is 2.51. The van der Waals surface area contributed by atoms with E-state index in [2.05, 4.69) is 44.0 Å². The van der Waals surface area contributed by atoms with Crippen LogP contribution in [-0.2, 0) is 6.42 Å². The van der Waals surface area contributed by atoms with Crippen LogP contribution in [0, 0.1) is 6.92 Å². The average Bonchev–Trinajstić information content (AvgIpc) is 3.24. The van der Waals surface area contributed by atoms with E-state index in [1.165, 1.54) is 0 Å². The van der Waals surface area contributed by atoms with Gasteiger partial charge in [-0.2, -0.15) is 5.10 Å². The Morgan fingerprint density at radius 2 is 2.00 bits per heavy atom. The molecule has 120 valence electrons. The predicted octanol–water partition coefficient (Wildman–Crippen LogP) is 3.73. The quantitative estimate of drug-likeness (QED) is 0.601. The molecule has 3 aromatic heterocycles. The third-order valence-electron chi connectivity index (χ3n) is 4.05. The lowest BCUT2D eigenvalue weighted by molar-refractivity contribution is 0.915. The molecule has 2 N–H and O–H groups in total. The fourth-order valence-electron chi connectivity index (χ4n) is 2.98. The number of H-pyrrole nitrogens is 1. The van der Waals surface area contributed by atoms with E-state index in [-0.39, 0.29) is 0 Å². The molecule has 0 fully saturated rings. The van der Waals surface area contributed by atoms with Crippen LogP contribution >= 0.6 is 0 Å². The van der Waals surface area contributed by atoms with Crippen LogP contribution in [0.4, 0.5) is 11.8 Å². The molecule has 0 amide bonds. The number of aryl methyl sites for hydroxylation is 2. The summed E-state index contributed by atoms with van der Waals surface area (Å²) in [6, 6.07) is 12.1. The van der Waals surface area contributed by atoms with E-state index < -0.39 is 0 Å². The number of fused-ring (bicyclic) bond motifs is 1. The van der Waals surface area contributed by atoms with Crippen molar-refractivity contribution in [2.75, 3.05) is 5.32 Å². The number of hydrogen-bond acceptors (Lipinski definition) is 4. The average molecular weight is 318 g/mol. The van der Waals surface area contributed by atoms with Crippen molar-refractivity contribution in [1.29, 1.82) is 0 Å². The molecule has 0 saturated carbocycles. The normalized spacial score (nSPS) is 11.1. The lowest BCUT2D eigenvalue weighted by Gasteiger charge is -2.12. The van der Waals surface area contributed by atoms with Crippen LogP contribution < -0.4 is 5.32 Å². The molecule has 0 radical (unpaired) electrons. The zero-order chi connectivity index (χ0) is 16.5. The Morgan fingerprint density at radius 1 is 1.17 bits per heavy atom. The van der Waals surface area contributed by atoms with Crippen molar-refractivity contribution in [3.05, 3.63) is 60.3 Å². The third-order valence-corrected chi connectivity index (χ3v) is 4.05. The second kappa shape index (κ2) is 5.81. The Hall–Kier alpha value is -3.15. The van der Waals surface area contributed by atoms with Gasteiger partial charge in [0, 0.05) is 24.2 Å². The molecular weight excluding hydrogens is 300 g/mol. The van der Waals surface area contributed by atoms with E-state index in [1.54, 1.807) is 6.20 Å². The molecule has 4 rings (SSSR count). The molecule has 0 atom stereocenters. The molecule has 0 spiro atoms. The summed E-state index contributed by atoms with van der Waals surface area (Å²) in [4.78, 5) is 9.39. The van der Waals surface area contributed by atoms with Crippen LogP contribution in [0.1, 0.15) is 18.4 Å². The molecule has 6 heteroatoms. The highest BCUT2D eigenvalue weighted by atomic mass is 15.3. The van der Waals surface area contributed by atoms with E-state index >= 15 is 0 Å². The molecule has 3 heterocycles. The van der Waals surface area contributed by atoms with Crippen molar-refractivity contribution in [3.8, 4) is 11.1 Å². The zero-order valence-electron chi connectivity index (χ0n) is 13.6. The van der Waals surface area contributed by atoms with Gasteiger partial charge in [0.25, 0.3) is 0 Å². The minimum absolute atomic E-state index is 0.728. The number of aromatic amines is 1. The molecule has 0 aliphatic carbocycles. The number of aromatic nitrogens is 5. The minimum Gasteiger partial charge on any atom is -0.310 e. The van der Waals surface area contributed by atoms with Gasteiger partial charge >= 0.3 is 0 Å². The fourth-order valence-corrected chi connectivity index (χ4v) is 2.98. The maximum absolute atomic E-state index is 4.74. The Kier molecular flexibility index (Phi) is 3.49. The Bertz CT molecular complexity index is 970. The predicted molar refractivity (Wildman–Crippen MR) is 94.4 cm³/mol. The van der Waals surface area contributed by atoms with Gasteiger partial charge in [-0.05, 0) is 12.5 Å². The van der Waals surface area contributed by atoms with E-state index in [1.807, 2.05) is 37.4 Å². The topological polar surface area (TPSA) is 70.9 Å². The SMILES string of the molecule is CCc1nc(C)c2c(-c3ccccc3)cnc(Nc3ccn[nH]3)n12. The summed E-state index contributed by atoms with van der Waals surface area (Å²) in [6.45, 7) is 4.14. The largest absolute Gasteiger partial charge is 0.310 e. The van der Waals surface area contributed by atoms with Gasteiger partial charge in [-0.15, -0.1) is 0 Å². The second-order valence-corrected chi connectivity index (χ2v) is 5.61. The summed E-state index contributed by atoms with van der Waals surface area (Å²) >= 11 is 0. The lowest BCUT2D eigenvalue weighted by atomic mass is 10.1. The molecule has 4 aromatic rings. The Morgan fingerprint density at radius 3 is 2.71 bits per heavy atom. The van der Waals surface area contributed by atoms with Gasteiger partial charge in [-0.3, -0.25) is 9.50 Å². The van der Waals surface area contributed by atoms with Crippen LogP contribution in [0.5, 0.6) is 0 Å². The van der Waals surface area contributed by atoms with Gasteiger partial charge in [0.05, 0.1) is 17.4 Å². The van der Waals surface area contributed by atoms with Crippen molar-refractivity contribution < 1.29 is 0 Å². The first-order chi connectivity index (χ1) is 11.8. The molecule has 24 heavy (non-hydrogen) atoms. The number of hydrogen-bond donors (Lipinski definition) is 2. The minimum atomic E-state index is 0.728. The van der Waals surface area contributed by atoms with Crippen LogP contribution in [-0.4, -0.2) is 24.6 Å². The maximum atomic E-state index is 4.74. The standard InChI is InChI=1S/C18H18N6/c1-3-16-21-12(2)17-14(13-7-5-4-6-8-13)11-19-18(24(16)17)22-15-9-10-20-23-15/h4-11H,3H2,1-2H3,(H2,19,20,22,23). The number of anilines is 2. The Labute approximate surface area is 139 Å². The Balaban J connectivity index is 1.96. The number of benzene rings is 1. The van der Waals surface area contributed by atoms with Crippen molar-refractivity contribution in [1.82, 2.24) is 24.6 Å². The highest BCUT2D eigenvalue weighted by molar-refractivity contribution is 5.83. The maximum Gasteiger partial charge on any atom is 0.214 e. The van der Waals surface area contributed by atoms with Crippen LogP contribution in [0.25, 0.3) is 16.6 Å². The first-order valence-electron chi connectivity index (χ1n) is 7.96. The summed E-state index contributed by atoms with van der Waals surface area (Å²) in [5, 5.41) is 10.2. The first kappa shape index (κ1) is 14.4. The van der Waals surface area contributed by atoms with E-state index in [0.29, 0.717) is 0 Å². The molecule has 0 unspecified atom stereocenters. The zero-order valence-corrected chi connectivity index (χ0v) is 13.6. The van der Waals surface area contributed by atoms with Gasteiger partial charge < -0.3 is 5.32 Å². The number of imidazole rings is 1. The molecule has 0 aliphatic heterocycles. The number of nitrogens with zero attached hydrogens (tertiary/aromatic N) is 4. The fraction of sp³-hybridized carbons (Fsp3) is 0.167. The smallest absolute Gasteiger partial charge is 0.214 e. The van der Waals surface area contributed by atoms with Crippen molar-refractivity contribution >= 4 is 17.3 Å². The molecular formula is C18H18N6. The van der Waals surface area contributed by atoms with Gasteiger partial charge in [-0.1, -0.05) is 37.3 Å². The summed E-state index contributed by atoms with van der Waals surface area (Å²) in [5.41, 5.74) is 4.29. The number of nitrogens with one attached hydrogen (secondary N) is 2. The van der Waals surface area contributed by atoms with E-state index in [9.17, 15) is 0 Å². The monoisotopic (exact) mass is 318 g/mol. The highest BCUT2D eigenvalue weighted by Crippen LogP contribution is 2.30. The van der Waals surface area contributed by atoms with Gasteiger partial charge in [0.1, 0.15) is 11.6 Å². The van der Waals surface area contributed by atoms with Crippen molar-refractivity contribution in [3.63, 3.8) is 0 Å². The first-order valence-corrected chi connectivity index (χ1v) is 7.96. The summed E-state index contributed by atoms with van der Waals surface area (Å²) < 4.78 is 2.10. The lowest BCUT2D eigenvalue weighted by Crippen LogP contribution is -2.05. The van der Waals surface area contributed by atoms with Crippen molar-refractivity contribution in [2.24, 2.45) is 0 Å². The molecule has 6 nitrogen and oxygen atoms in total. The van der Waals surface area contributed by atoms with Gasteiger partial charge in [-0.25, -0.2) is 9.97 Å². The van der Waals surface area contributed by atoms with Crippen LogP contribution in [0.2, 0.25) is 0 Å². The van der Waals surface area contributed by atoms with E-state index in [0.717, 1.165) is 46.3 Å².